The van der Waals surface area contributed by atoms with E-state index in [4.69, 9.17) is 0 Å². The van der Waals surface area contributed by atoms with Crippen LogP contribution in [0.25, 0.3) is 0 Å². The molecular weight excluding hydrogens is 322 g/mol. The number of aromatic nitrogens is 1. The molecule has 0 atom stereocenters. The Morgan fingerprint density at radius 2 is 1.92 bits per heavy atom. The summed E-state index contributed by atoms with van der Waals surface area (Å²) in [6.07, 6.45) is 1.79. The van der Waals surface area contributed by atoms with Gasteiger partial charge in [-0.15, -0.1) is 11.3 Å². The summed E-state index contributed by atoms with van der Waals surface area (Å²) in [5, 5.41) is 3.83. The van der Waals surface area contributed by atoms with E-state index >= 15 is 0 Å². The zero-order valence-corrected chi connectivity index (χ0v) is 15.5. The second kappa shape index (κ2) is 7.13. The molecule has 0 aliphatic rings. The maximum atomic E-state index is 12.8. The van der Waals surface area contributed by atoms with Gasteiger partial charge in [-0.1, -0.05) is 32.9 Å². The summed E-state index contributed by atoms with van der Waals surface area (Å²) in [6, 6.07) is 7.09. The standard InChI is InChI=1S/C18H23N3O2S/c1-12-19-10-13(24-12)11-21(5)16(22)14-8-6-7-9-15(14)20-17(23)18(2,3)4/h6-10H,11H2,1-5H3,(H,20,23). The van der Waals surface area contributed by atoms with Crippen LogP contribution in [0, 0.1) is 12.3 Å². The molecule has 2 rings (SSSR count). The molecule has 0 bridgehead atoms. The van der Waals surface area contributed by atoms with Crippen LogP contribution in [0.15, 0.2) is 30.5 Å². The smallest absolute Gasteiger partial charge is 0.256 e. The first kappa shape index (κ1) is 18.1. The summed E-state index contributed by atoms with van der Waals surface area (Å²) in [5.41, 5.74) is 0.496. The van der Waals surface area contributed by atoms with Crippen LogP contribution in [0.3, 0.4) is 0 Å². The van der Waals surface area contributed by atoms with Crippen molar-refractivity contribution in [2.75, 3.05) is 12.4 Å². The Labute approximate surface area is 146 Å². The fraction of sp³-hybridized carbons (Fsp3) is 0.389. The number of amides is 2. The molecule has 0 fully saturated rings. The van der Waals surface area contributed by atoms with E-state index in [2.05, 4.69) is 10.3 Å². The van der Waals surface area contributed by atoms with Crippen molar-refractivity contribution < 1.29 is 9.59 Å². The molecule has 0 aliphatic carbocycles. The van der Waals surface area contributed by atoms with Crippen molar-refractivity contribution in [3.63, 3.8) is 0 Å². The van der Waals surface area contributed by atoms with E-state index in [-0.39, 0.29) is 11.8 Å². The Morgan fingerprint density at radius 3 is 2.50 bits per heavy atom. The van der Waals surface area contributed by atoms with E-state index in [1.165, 1.54) is 0 Å². The molecular formula is C18H23N3O2S. The summed E-state index contributed by atoms with van der Waals surface area (Å²) >= 11 is 1.57. The molecule has 0 aliphatic heterocycles. The van der Waals surface area contributed by atoms with Gasteiger partial charge < -0.3 is 10.2 Å². The largest absolute Gasteiger partial charge is 0.336 e. The van der Waals surface area contributed by atoms with E-state index in [1.807, 2.05) is 33.8 Å². The number of anilines is 1. The molecule has 0 saturated heterocycles. The lowest BCUT2D eigenvalue weighted by molar-refractivity contribution is -0.123. The van der Waals surface area contributed by atoms with Crippen LogP contribution < -0.4 is 5.32 Å². The lowest BCUT2D eigenvalue weighted by atomic mass is 9.95. The number of para-hydroxylation sites is 1. The molecule has 0 unspecified atom stereocenters. The number of nitrogens with one attached hydrogen (secondary N) is 1. The Balaban J connectivity index is 2.18. The highest BCUT2D eigenvalue weighted by Crippen LogP contribution is 2.22. The third kappa shape index (κ3) is 4.41. The van der Waals surface area contributed by atoms with Gasteiger partial charge in [-0.3, -0.25) is 9.59 Å². The van der Waals surface area contributed by atoms with Gasteiger partial charge in [0.1, 0.15) is 0 Å². The van der Waals surface area contributed by atoms with Crippen molar-refractivity contribution in [2.45, 2.75) is 34.2 Å². The molecule has 5 nitrogen and oxygen atoms in total. The molecule has 6 heteroatoms. The van der Waals surface area contributed by atoms with Crippen molar-refractivity contribution in [1.82, 2.24) is 9.88 Å². The number of carbonyl (C=O) groups excluding carboxylic acids is 2. The third-order valence-electron chi connectivity index (χ3n) is 3.50. The highest BCUT2D eigenvalue weighted by Gasteiger charge is 2.24. The van der Waals surface area contributed by atoms with E-state index in [0.717, 1.165) is 9.88 Å². The zero-order valence-electron chi connectivity index (χ0n) is 14.7. The van der Waals surface area contributed by atoms with E-state index in [0.29, 0.717) is 17.8 Å². The maximum absolute atomic E-state index is 12.8. The van der Waals surface area contributed by atoms with Gasteiger partial charge in [-0.2, -0.15) is 0 Å². The second-order valence-electron chi connectivity index (χ2n) is 6.76. The predicted molar refractivity (Wildman–Crippen MR) is 97.2 cm³/mol. The monoisotopic (exact) mass is 345 g/mol. The lowest BCUT2D eigenvalue weighted by Crippen LogP contribution is -2.30. The Hall–Kier alpha value is -2.21. The molecule has 2 amide bonds. The van der Waals surface area contributed by atoms with Gasteiger partial charge in [0.05, 0.1) is 22.8 Å². The van der Waals surface area contributed by atoms with E-state index in [1.54, 1.807) is 47.7 Å². The van der Waals surface area contributed by atoms with Gasteiger partial charge in [-0.05, 0) is 19.1 Å². The van der Waals surface area contributed by atoms with Crippen LogP contribution in [0.2, 0.25) is 0 Å². The van der Waals surface area contributed by atoms with Gasteiger partial charge in [0.15, 0.2) is 0 Å². The number of nitrogens with zero attached hydrogens (tertiary/aromatic N) is 2. The topological polar surface area (TPSA) is 62.3 Å². The van der Waals surface area contributed by atoms with Crippen LogP contribution in [0.5, 0.6) is 0 Å². The first-order valence-corrected chi connectivity index (χ1v) is 8.57. The number of hydrogen-bond donors (Lipinski definition) is 1. The number of carbonyl (C=O) groups is 2. The molecule has 24 heavy (non-hydrogen) atoms. The highest BCUT2D eigenvalue weighted by atomic mass is 32.1. The second-order valence-corrected chi connectivity index (χ2v) is 8.08. The predicted octanol–water partition coefficient (Wildman–Crippen LogP) is 3.71. The first-order chi connectivity index (χ1) is 11.2. The quantitative estimate of drug-likeness (QED) is 0.919. The highest BCUT2D eigenvalue weighted by molar-refractivity contribution is 7.11. The molecule has 1 aromatic heterocycles. The fourth-order valence-electron chi connectivity index (χ4n) is 2.08. The minimum Gasteiger partial charge on any atom is -0.336 e. The van der Waals surface area contributed by atoms with Gasteiger partial charge in [0.25, 0.3) is 5.91 Å². The van der Waals surface area contributed by atoms with E-state index in [9.17, 15) is 9.59 Å². The van der Waals surface area contributed by atoms with Gasteiger partial charge >= 0.3 is 0 Å². The van der Waals surface area contributed by atoms with Crippen molar-refractivity contribution in [3.8, 4) is 0 Å². The van der Waals surface area contributed by atoms with Gasteiger partial charge in [0.2, 0.25) is 5.91 Å². The van der Waals surface area contributed by atoms with Crippen molar-refractivity contribution in [1.29, 1.82) is 0 Å². The van der Waals surface area contributed by atoms with E-state index < -0.39 is 5.41 Å². The third-order valence-corrected chi connectivity index (χ3v) is 4.39. The SMILES string of the molecule is Cc1ncc(CN(C)C(=O)c2ccccc2NC(=O)C(C)(C)C)s1. The van der Waals surface area contributed by atoms with Crippen LogP contribution in [-0.4, -0.2) is 28.7 Å². The Morgan fingerprint density at radius 1 is 1.25 bits per heavy atom. The van der Waals surface area contributed by atoms with Crippen molar-refractivity contribution >= 4 is 28.8 Å². The zero-order chi connectivity index (χ0) is 17.9. The summed E-state index contributed by atoms with van der Waals surface area (Å²) in [6.45, 7) is 7.94. The maximum Gasteiger partial charge on any atom is 0.256 e. The summed E-state index contributed by atoms with van der Waals surface area (Å²) in [4.78, 5) is 31.9. The molecule has 2 aromatic rings. The normalized spacial score (nSPS) is 11.2. The average Bonchev–Trinajstić information content (AvgIpc) is 2.91. The molecule has 1 heterocycles. The average molecular weight is 345 g/mol. The first-order valence-electron chi connectivity index (χ1n) is 7.75. The number of rotatable bonds is 4. The summed E-state index contributed by atoms with van der Waals surface area (Å²) < 4.78 is 0. The number of benzene rings is 1. The summed E-state index contributed by atoms with van der Waals surface area (Å²) in [5.74, 6) is -0.255. The molecule has 128 valence electrons. The molecule has 0 radical (unpaired) electrons. The Kier molecular flexibility index (Phi) is 5.39. The minimum absolute atomic E-state index is 0.122. The lowest BCUT2D eigenvalue weighted by Gasteiger charge is -2.21. The van der Waals surface area contributed by atoms with Crippen LogP contribution in [-0.2, 0) is 11.3 Å². The van der Waals surface area contributed by atoms with Crippen LogP contribution >= 0.6 is 11.3 Å². The fourth-order valence-corrected chi connectivity index (χ4v) is 2.93. The minimum atomic E-state index is -0.526. The Bertz CT molecular complexity index is 747. The number of hydrogen-bond acceptors (Lipinski definition) is 4. The van der Waals surface area contributed by atoms with Gasteiger partial charge in [-0.25, -0.2) is 4.98 Å². The van der Waals surface area contributed by atoms with Crippen LogP contribution in [0.1, 0.15) is 41.0 Å². The molecule has 0 saturated carbocycles. The van der Waals surface area contributed by atoms with Crippen molar-refractivity contribution in [2.24, 2.45) is 5.41 Å². The van der Waals surface area contributed by atoms with Crippen molar-refractivity contribution in [3.05, 3.63) is 45.9 Å². The summed E-state index contributed by atoms with van der Waals surface area (Å²) in [7, 11) is 1.75. The molecule has 1 N–H and O–H groups in total. The number of thiazole rings is 1. The van der Waals surface area contributed by atoms with Gasteiger partial charge in [0, 0.05) is 23.5 Å². The number of aryl methyl sites for hydroxylation is 1. The molecule has 0 spiro atoms. The molecule has 1 aromatic carbocycles. The van der Waals surface area contributed by atoms with Crippen LogP contribution in [0.4, 0.5) is 5.69 Å².